The number of aliphatic hydroxyl groups excluding tert-OH is 1. The first kappa shape index (κ1) is 93.1. The maximum Gasteiger partial charge on any atom is 0.472 e. The first-order valence-electron chi connectivity index (χ1n) is 39.2. The number of hydrogen-bond acceptors (Lipinski definition) is 15. The molecule has 564 valence electrons. The molecule has 3 N–H and O–H groups in total. The van der Waals surface area contributed by atoms with Gasteiger partial charge < -0.3 is 33.8 Å². The van der Waals surface area contributed by atoms with Gasteiger partial charge in [-0.05, 0) is 49.4 Å². The molecule has 0 aliphatic rings. The highest BCUT2D eigenvalue weighted by Gasteiger charge is 2.30. The average Bonchev–Trinajstić information content (AvgIpc) is 1.77. The lowest BCUT2D eigenvalue weighted by Gasteiger charge is -2.21. The van der Waals surface area contributed by atoms with Crippen molar-refractivity contribution in [3.63, 3.8) is 0 Å². The fourth-order valence-corrected chi connectivity index (χ4v) is 13.1. The van der Waals surface area contributed by atoms with Crippen LogP contribution in [0.15, 0.2) is 0 Å². The van der Waals surface area contributed by atoms with E-state index in [9.17, 15) is 43.2 Å². The quantitative estimate of drug-likeness (QED) is 0.0222. The van der Waals surface area contributed by atoms with Crippen LogP contribution < -0.4 is 0 Å². The van der Waals surface area contributed by atoms with Crippen LogP contribution in [0.4, 0.5) is 0 Å². The van der Waals surface area contributed by atoms with Crippen LogP contribution in [0.2, 0.25) is 0 Å². The Hall–Kier alpha value is -1.94. The van der Waals surface area contributed by atoms with Gasteiger partial charge in [0.05, 0.1) is 26.4 Å². The summed E-state index contributed by atoms with van der Waals surface area (Å²) in [6.07, 6.45) is 49.8. The molecule has 3 unspecified atom stereocenters. The molecule has 0 aromatic carbocycles. The number of rotatable bonds is 73. The van der Waals surface area contributed by atoms with Gasteiger partial charge in [0, 0.05) is 25.7 Å². The minimum absolute atomic E-state index is 0.104. The molecule has 0 amide bonds. The number of phosphoric ester groups is 2. The second kappa shape index (κ2) is 65.4. The van der Waals surface area contributed by atoms with Gasteiger partial charge >= 0.3 is 39.5 Å². The van der Waals surface area contributed by atoms with Gasteiger partial charge in [-0.15, -0.1) is 0 Å². The van der Waals surface area contributed by atoms with E-state index < -0.39 is 97.5 Å². The largest absolute Gasteiger partial charge is 0.472 e. The highest BCUT2D eigenvalue weighted by Crippen LogP contribution is 2.45. The highest BCUT2D eigenvalue weighted by molar-refractivity contribution is 7.47. The number of esters is 4. The summed E-state index contributed by atoms with van der Waals surface area (Å²) in [6, 6.07) is 0. The van der Waals surface area contributed by atoms with Crippen LogP contribution in [-0.2, 0) is 65.4 Å². The Morgan fingerprint density at radius 3 is 0.747 bits per heavy atom. The molecule has 95 heavy (non-hydrogen) atoms. The third kappa shape index (κ3) is 69.0. The fourth-order valence-electron chi connectivity index (χ4n) is 11.5. The van der Waals surface area contributed by atoms with E-state index in [1.54, 1.807) is 0 Å². The molecule has 0 aliphatic carbocycles. The molecular formula is C76H148O17P2. The molecule has 0 aliphatic heterocycles. The van der Waals surface area contributed by atoms with E-state index in [1.165, 1.54) is 186 Å². The van der Waals surface area contributed by atoms with Crippen molar-refractivity contribution < 1.29 is 80.2 Å². The zero-order chi connectivity index (χ0) is 70.3. The molecule has 0 aromatic heterocycles. The Morgan fingerprint density at radius 2 is 0.505 bits per heavy atom. The predicted octanol–water partition coefficient (Wildman–Crippen LogP) is 22.0. The summed E-state index contributed by atoms with van der Waals surface area (Å²) in [5.74, 6) is 0.962. The maximum absolute atomic E-state index is 13.1. The van der Waals surface area contributed by atoms with E-state index in [2.05, 4.69) is 55.4 Å². The lowest BCUT2D eigenvalue weighted by atomic mass is 9.99. The van der Waals surface area contributed by atoms with E-state index >= 15 is 0 Å². The van der Waals surface area contributed by atoms with Crippen molar-refractivity contribution in [2.45, 2.75) is 401 Å². The van der Waals surface area contributed by atoms with Crippen LogP contribution in [0, 0.1) is 23.7 Å². The molecule has 0 aromatic rings. The Kier molecular flexibility index (Phi) is 64.0. The van der Waals surface area contributed by atoms with E-state index in [1.807, 2.05) is 0 Å². The van der Waals surface area contributed by atoms with Crippen molar-refractivity contribution in [3.05, 3.63) is 0 Å². The van der Waals surface area contributed by atoms with Crippen molar-refractivity contribution in [2.75, 3.05) is 39.6 Å². The first-order valence-corrected chi connectivity index (χ1v) is 42.2. The summed E-state index contributed by atoms with van der Waals surface area (Å²) in [7, 11) is -9.91. The molecule has 17 nitrogen and oxygen atoms in total. The van der Waals surface area contributed by atoms with Crippen LogP contribution in [0.25, 0.3) is 0 Å². The fraction of sp³-hybridized carbons (Fsp3) is 0.947. The Balaban J connectivity index is 5.27. The molecule has 0 heterocycles. The van der Waals surface area contributed by atoms with Crippen LogP contribution in [0.1, 0.15) is 383 Å². The average molecular weight is 1400 g/mol. The van der Waals surface area contributed by atoms with Gasteiger partial charge in [-0.2, -0.15) is 0 Å². The van der Waals surface area contributed by atoms with Gasteiger partial charge in [0.2, 0.25) is 0 Å². The van der Waals surface area contributed by atoms with Gasteiger partial charge in [0.15, 0.2) is 12.2 Å². The number of unbranched alkanes of at least 4 members (excludes halogenated alkanes) is 38. The van der Waals surface area contributed by atoms with Crippen LogP contribution in [0.3, 0.4) is 0 Å². The molecule has 0 fully saturated rings. The third-order valence-corrected chi connectivity index (χ3v) is 19.8. The predicted molar refractivity (Wildman–Crippen MR) is 386 cm³/mol. The summed E-state index contributed by atoms with van der Waals surface area (Å²) in [5.41, 5.74) is 0. The highest BCUT2D eigenvalue weighted by atomic mass is 31.2. The summed E-state index contributed by atoms with van der Waals surface area (Å²) < 4.78 is 68.6. The van der Waals surface area contributed by atoms with Crippen LogP contribution >= 0.6 is 15.6 Å². The monoisotopic (exact) mass is 1400 g/mol. The number of ether oxygens (including phenoxy) is 4. The normalized spacial score (nSPS) is 14.4. The number of carbonyl (C=O) groups is 4. The van der Waals surface area contributed by atoms with Crippen molar-refractivity contribution in [2.24, 2.45) is 23.7 Å². The summed E-state index contributed by atoms with van der Waals surface area (Å²) in [4.78, 5) is 72.8. The molecule has 19 heteroatoms. The number of carbonyl (C=O) groups excluding carboxylic acids is 4. The zero-order valence-corrected chi connectivity index (χ0v) is 64.1. The van der Waals surface area contributed by atoms with E-state index in [-0.39, 0.29) is 25.7 Å². The van der Waals surface area contributed by atoms with Gasteiger partial charge in [-0.3, -0.25) is 37.3 Å². The minimum atomic E-state index is -4.96. The molecular weight excluding hydrogens is 1250 g/mol. The number of aliphatic hydroxyl groups is 1. The third-order valence-electron chi connectivity index (χ3n) is 17.9. The van der Waals surface area contributed by atoms with Gasteiger partial charge in [0.25, 0.3) is 0 Å². The van der Waals surface area contributed by atoms with Crippen molar-refractivity contribution in [1.82, 2.24) is 0 Å². The molecule has 0 saturated heterocycles. The molecule has 0 rings (SSSR count). The Bertz CT molecular complexity index is 1870. The smallest absolute Gasteiger partial charge is 0.462 e. The van der Waals surface area contributed by atoms with Gasteiger partial charge in [-0.1, -0.05) is 331 Å². The lowest BCUT2D eigenvalue weighted by Crippen LogP contribution is -2.30. The standard InChI is InChI=1S/C76H148O17P2/c1-9-69(8)55-47-39-31-26-27-33-41-49-57-74(79)87-63-72(93-76(81)59-51-43-35-25-19-22-30-38-46-54-68(6)7)65-91-95(84,85)89-61-70(77)60-88-94(82,83)90-64-71(62-86-73(78)56-48-40-32-23-17-14-13-16-21-29-37-45-53-67(4)5)92-75(80)58-50-42-34-24-18-12-10-11-15-20-28-36-44-52-66(2)3/h66-72,77H,9-65H2,1-8H3,(H,82,83)(H,84,85)/t69?,70-,71-,72-/m1/s1. The van der Waals surface area contributed by atoms with E-state index in [4.69, 9.17) is 37.0 Å². The lowest BCUT2D eigenvalue weighted by molar-refractivity contribution is -0.161. The Morgan fingerprint density at radius 1 is 0.295 bits per heavy atom. The number of hydrogen-bond donors (Lipinski definition) is 3. The van der Waals surface area contributed by atoms with Crippen molar-refractivity contribution in [3.8, 4) is 0 Å². The summed E-state index contributed by atoms with van der Waals surface area (Å²) in [5, 5.41) is 10.6. The molecule has 0 spiro atoms. The molecule has 0 bridgehead atoms. The van der Waals surface area contributed by atoms with Crippen LogP contribution in [0.5, 0.6) is 0 Å². The number of phosphoric acid groups is 2. The molecule has 6 atom stereocenters. The molecule has 0 saturated carbocycles. The van der Waals surface area contributed by atoms with Gasteiger partial charge in [0.1, 0.15) is 19.3 Å². The van der Waals surface area contributed by atoms with E-state index in [0.29, 0.717) is 25.7 Å². The topological polar surface area (TPSA) is 237 Å². The van der Waals surface area contributed by atoms with E-state index in [0.717, 1.165) is 114 Å². The summed E-state index contributed by atoms with van der Waals surface area (Å²) >= 11 is 0. The minimum Gasteiger partial charge on any atom is -0.462 e. The van der Waals surface area contributed by atoms with Crippen molar-refractivity contribution >= 4 is 39.5 Å². The second-order valence-electron chi connectivity index (χ2n) is 29.1. The van der Waals surface area contributed by atoms with Crippen LogP contribution in [-0.4, -0.2) is 96.7 Å². The summed E-state index contributed by atoms with van der Waals surface area (Å²) in [6.45, 7) is 14.2. The Labute approximate surface area is 581 Å². The first-order chi connectivity index (χ1) is 45.6. The zero-order valence-electron chi connectivity index (χ0n) is 62.3. The SMILES string of the molecule is CCC(C)CCCCCCCCCCC(=O)OC[C@H](COP(=O)(O)OC[C@H](O)COP(=O)(O)OC[C@@H](COC(=O)CCCCCCCCCCCCCCC(C)C)OC(=O)CCCCCCCCCCCCCCCC(C)C)OC(=O)CCCCCCCCCCCC(C)C. The van der Waals surface area contributed by atoms with Crippen molar-refractivity contribution in [1.29, 1.82) is 0 Å². The maximum atomic E-state index is 13.1. The second-order valence-corrected chi connectivity index (χ2v) is 32.0. The van der Waals surface area contributed by atoms with Gasteiger partial charge in [-0.25, -0.2) is 9.13 Å². The molecule has 0 radical (unpaired) electrons.